The number of ether oxygens (including phenoxy) is 1. The van der Waals surface area contributed by atoms with Gasteiger partial charge in [0.05, 0.1) is 0 Å². The fraction of sp³-hybridized carbons (Fsp3) is 0.875. The van der Waals surface area contributed by atoms with Crippen molar-refractivity contribution in [2.75, 3.05) is 6.61 Å². The SMILES string of the molecule is CCOC(CC)(CC)C(=O)Br. The summed E-state index contributed by atoms with van der Waals surface area (Å²) in [5, 5.41) is 0. The molecule has 0 aromatic rings. The quantitative estimate of drug-likeness (QED) is 0.669. The molecule has 2 nitrogen and oxygen atoms in total. The third-order valence-electron chi connectivity index (χ3n) is 1.92. The topological polar surface area (TPSA) is 26.3 Å². The molecular weight excluding hydrogens is 208 g/mol. The minimum Gasteiger partial charge on any atom is -0.367 e. The summed E-state index contributed by atoms with van der Waals surface area (Å²) < 4.78 is 5.35. The predicted molar refractivity (Wildman–Crippen MR) is 48.9 cm³/mol. The van der Waals surface area contributed by atoms with Crippen LogP contribution in [-0.4, -0.2) is 16.9 Å². The Morgan fingerprint density at radius 3 is 1.91 bits per heavy atom. The first-order valence-corrected chi connectivity index (χ1v) is 4.76. The summed E-state index contributed by atoms with van der Waals surface area (Å²) in [6.45, 7) is 6.39. The van der Waals surface area contributed by atoms with Gasteiger partial charge in [-0.25, -0.2) is 0 Å². The molecule has 0 spiro atoms. The molecule has 0 bridgehead atoms. The van der Waals surface area contributed by atoms with Crippen molar-refractivity contribution in [1.82, 2.24) is 0 Å². The number of hydrogen-bond acceptors (Lipinski definition) is 2. The van der Waals surface area contributed by atoms with E-state index in [1.807, 2.05) is 20.8 Å². The summed E-state index contributed by atoms with van der Waals surface area (Å²) in [6, 6.07) is 0. The van der Waals surface area contributed by atoms with Gasteiger partial charge in [0, 0.05) is 6.61 Å². The Balaban J connectivity index is 4.32. The molecule has 0 heterocycles. The Hall–Kier alpha value is 0.110. The maximum absolute atomic E-state index is 11.1. The van der Waals surface area contributed by atoms with Gasteiger partial charge in [-0.15, -0.1) is 0 Å². The molecule has 0 aromatic carbocycles. The molecule has 66 valence electrons. The number of rotatable bonds is 5. The lowest BCUT2D eigenvalue weighted by molar-refractivity contribution is -0.134. The van der Waals surface area contributed by atoms with E-state index in [0.717, 1.165) is 12.8 Å². The van der Waals surface area contributed by atoms with E-state index in [1.165, 1.54) is 0 Å². The maximum atomic E-state index is 11.1. The van der Waals surface area contributed by atoms with E-state index in [1.54, 1.807) is 0 Å². The van der Waals surface area contributed by atoms with Crippen LogP contribution in [0.3, 0.4) is 0 Å². The van der Waals surface area contributed by atoms with Crippen LogP contribution in [0.4, 0.5) is 0 Å². The molecule has 0 radical (unpaired) electrons. The molecular formula is C8H15BrO2. The van der Waals surface area contributed by atoms with Crippen molar-refractivity contribution in [1.29, 1.82) is 0 Å². The highest BCUT2D eigenvalue weighted by atomic mass is 79.9. The maximum Gasteiger partial charge on any atom is 0.229 e. The predicted octanol–water partition coefficient (Wildman–Crippen LogP) is 2.50. The number of carbonyl (C=O) groups is 1. The lowest BCUT2D eigenvalue weighted by atomic mass is 9.99. The van der Waals surface area contributed by atoms with Crippen LogP contribution in [0.5, 0.6) is 0 Å². The fourth-order valence-corrected chi connectivity index (χ4v) is 1.74. The van der Waals surface area contributed by atoms with Crippen LogP contribution < -0.4 is 0 Å². The van der Waals surface area contributed by atoms with Crippen LogP contribution in [0.2, 0.25) is 0 Å². The van der Waals surface area contributed by atoms with Crippen LogP contribution in [0, 0.1) is 0 Å². The minimum atomic E-state index is -0.589. The summed E-state index contributed by atoms with van der Waals surface area (Å²) >= 11 is 2.96. The smallest absolute Gasteiger partial charge is 0.229 e. The van der Waals surface area contributed by atoms with E-state index in [0.29, 0.717) is 6.61 Å². The van der Waals surface area contributed by atoms with Gasteiger partial charge in [0.15, 0.2) is 0 Å². The fourth-order valence-electron chi connectivity index (χ4n) is 1.07. The highest BCUT2D eigenvalue weighted by Gasteiger charge is 2.33. The van der Waals surface area contributed by atoms with Gasteiger partial charge in [0.2, 0.25) is 4.69 Å². The van der Waals surface area contributed by atoms with E-state index < -0.39 is 5.60 Å². The normalized spacial score (nSPS) is 11.6. The van der Waals surface area contributed by atoms with Crippen molar-refractivity contribution in [3.8, 4) is 0 Å². The Kier molecular flexibility index (Phi) is 4.93. The molecule has 3 heteroatoms. The highest BCUT2D eigenvalue weighted by Crippen LogP contribution is 2.24. The van der Waals surface area contributed by atoms with E-state index in [9.17, 15) is 4.79 Å². The van der Waals surface area contributed by atoms with Gasteiger partial charge in [0.25, 0.3) is 0 Å². The van der Waals surface area contributed by atoms with Crippen LogP contribution in [0.25, 0.3) is 0 Å². The van der Waals surface area contributed by atoms with Gasteiger partial charge in [-0.2, -0.15) is 0 Å². The van der Waals surface area contributed by atoms with Gasteiger partial charge in [0.1, 0.15) is 5.60 Å². The molecule has 0 atom stereocenters. The summed E-state index contributed by atoms with van der Waals surface area (Å²) in [7, 11) is 0. The zero-order valence-corrected chi connectivity index (χ0v) is 8.90. The Labute approximate surface area is 76.4 Å². The van der Waals surface area contributed by atoms with E-state index in [2.05, 4.69) is 15.9 Å². The van der Waals surface area contributed by atoms with Crippen molar-refractivity contribution >= 4 is 20.6 Å². The average Bonchev–Trinajstić information content (AvgIpc) is 2.00. The third kappa shape index (κ3) is 2.56. The Morgan fingerprint density at radius 1 is 1.36 bits per heavy atom. The molecule has 0 saturated carbocycles. The van der Waals surface area contributed by atoms with E-state index in [4.69, 9.17) is 4.74 Å². The molecule has 0 aromatic heterocycles. The second-order valence-electron chi connectivity index (χ2n) is 2.41. The molecule has 0 aliphatic rings. The van der Waals surface area contributed by atoms with Crippen molar-refractivity contribution in [2.24, 2.45) is 0 Å². The molecule has 0 N–H and O–H groups in total. The van der Waals surface area contributed by atoms with Crippen LogP contribution >= 0.6 is 15.9 Å². The van der Waals surface area contributed by atoms with Crippen LogP contribution in [0.1, 0.15) is 33.6 Å². The molecule has 0 aliphatic carbocycles. The molecule has 11 heavy (non-hydrogen) atoms. The molecule has 0 unspecified atom stereocenters. The molecule has 0 amide bonds. The summed E-state index contributed by atoms with van der Waals surface area (Å²) in [5.74, 6) is 0. The number of halogens is 1. The average molecular weight is 223 g/mol. The number of carbonyl (C=O) groups excluding carboxylic acids is 1. The largest absolute Gasteiger partial charge is 0.367 e. The van der Waals surface area contributed by atoms with Gasteiger partial charge >= 0.3 is 0 Å². The second kappa shape index (κ2) is 4.88. The van der Waals surface area contributed by atoms with E-state index in [-0.39, 0.29) is 4.69 Å². The zero-order chi connectivity index (χ0) is 8.91. The first-order valence-electron chi connectivity index (χ1n) is 3.96. The lowest BCUT2D eigenvalue weighted by Crippen LogP contribution is -2.37. The van der Waals surface area contributed by atoms with E-state index >= 15 is 0 Å². The minimum absolute atomic E-state index is 0.0446. The highest BCUT2D eigenvalue weighted by molar-refractivity contribution is 9.18. The van der Waals surface area contributed by atoms with Crippen molar-refractivity contribution < 1.29 is 9.53 Å². The third-order valence-corrected chi connectivity index (χ3v) is 2.64. The summed E-state index contributed by atoms with van der Waals surface area (Å²) in [5.41, 5.74) is -0.589. The van der Waals surface area contributed by atoms with Crippen molar-refractivity contribution in [2.45, 2.75) is 39.2 Å². The second-order valence-corrected chi connectivity index (χ2v) is 3.13. The number of hydrogen-bond donors (Lipinski definition) is 0. The summed E-state index contributed by atoms with van der Waals surface area (Å²) in [4.78, 5) is 11.1. The molecule has 0 fully saturated rings. The Bertz CT molecular complexity index is 130. The first-order chi connectivity index (χ1) is 5.13. The molecule has 0 rings (SSSR count). The van der Waals surface area contributed by atoms with Crippen LogP contribution in [-0.2, 0) is 9.53 Å². The van der Waals surface area contributed by atoms with Gasteiger partial charge in [-0.05, 0) is 35.7 Å². The zero-order valence-electron chi connectivity index (χ0n) is 7.32. The lowest BCUT2D eigenvalue weighted by Gasteiger charge is -2.27. The van der Waals surface area contributed by atoms with Crippen molar-refractivity contribution in [3.05, 3.63) is 0 Å². The van der Waals surface area contributed by atoms with Gasteiger partial charge < -0.3 is 4.74 Å². The molecule has 0 aliphatic heterocycles. The monoisotopic (exact) mass is 222 g/mol. The summed E-state index contributed by atoms with van der Waals surface area (Å²) in [6.07, 6.45) is 1.45. The van der Waals surface area contributed by atoms with Crippen molar-refractivity contribution in [3.63, 3.8) is 0 Å². The standard InChI is InChI=1S/C8H15BrO2/c1-4-8(5-2,7(9)10)11-6-3/h4-6H2,1-3H3. The first kappa shape index (κ1) is 11.1. The van der Waals surface area contributed by atoms with Gasteiger partial charge in [-0.1, -0.05) is 13.8 Å². The molecule has 0 saturated heterocycles. The van der Waals surface area contributed by atoms with Crippen LogP contribution in [0.15, 0.2) is 0 Å². The Morgan fingerprint density at radius 2 is 1.82 bits per heavy atom. The van der Waals surface area contributed by atoms with Gasteiger partial charge in [-0.3, -0.25) is 4.79 Å².